The van der Waals surface area contributed by atoms with Crippen LogP contribution in [0.2, 0.25) is 0 Å². The summed E-state index contributed by atoms with van der Waals surface area (Å²) < 4.78 is 0. The van der Waals surface area contributed by atoms with Gasteiger partial charge in [-0.15, -0.1) is 0 Å². The third kappa shape index (κ3) is 4.91. The summed E-state index contributed by atoms with van der Waals surface area (Å²) in [6.07, 6.45) is 2.45. The van der Waals surface area contributed by atoms with E-state index in [9.17, 15) is 4.79 Å². The molecule has 4 heteroatoms. The van der Waals surface area contributed by atoms with Crippen molar-refractivity contribution in [2.24, 2.45) is 5.92 Å². The van der Waals surface area contributed by atoms with Gasteiger partial charge in [0.25, 0.3) is 0 Å². The van der Waals surface area contributed by atoms with Crippen molar-refractivity contribution in [2.75, 3.05) is 38.5 Å². The second-order valence-corrected chi connectivity index (χ2v) is 5.29. The molecule has 1 saturated heterocycles. The summed E-state index contributed by atoms with van der Waals surface area (Å²) >= 11 is 0. The maximum atomic E-state index is 11.8. The number of hydrogen-bond acceptors (Lipinski definition) is 3. The molecule has 1 heterocycles. The zero-order valence-electron chi connectivity index (χ0n) is 11.6. The van der Waals surface area contributed by atoms with Gasteiger partial charge in [0.15, 0.2) is 0 Å². The molecule has 4 nitrogen and oxygen atoms in total. The monoisotopic (exact) mass is 261 g/mol. The molecule has 0 radical (unpaired) electrons. The van der Waals surface area contributed by atoms with Gasteiger partial charge in [-0.25, -0.2) is 0 Å². The number of benzene rings is 1. The van der Waals surface area contributed by atoms with Gasteiger partial charge >= 0.3 is 0 Å². The van der Waals surface area contributed by atoms with E-state index < -0.39 is 0 Å². The average molecular weight is 261 g/mol. The molecule has 1 amide bonds. The zero-order valence-corrected chi connectivity index (χ0v) is 11.6. The van der Waals surface area contributed by atoms with Gasteiger partial charge in [0, 0.05) is 18.8 Å². The van der Waals surface area contributed by atoms with Crippen molar-refractivity contribution in [3.8, 4) is 0 Å². The number of carbonyl (C=O) groups excluding carboxylic acids is 1. The number of nitrogens with zero attached hydrogens (tertiary/aromatic N) is 1. The summed E-state index contributed by atoms with van der Waals surface area (Å²) in [5.41, 5.74) is 0.982. The number of amides is 1. The number of nitrogens with one attached hydrogen (secondary N) is 2. The topological polar surface area (TPSA) is 44.4 Å². The molecule has 19 heavy (non-hydrogen) atoms. The summed E-state index contributed by atoms with van der Waals surface area (Å²) in [5.74, 6) is 0.663. The van der Waals surface area contributed by atoms with Crippen LogP contribution in [0.25, 0.3) is 0 Å². The maximum absolute atomic E-state index is 11.8. The smallest absolute Gasteiger partial charge is 0.239 e. The highest BCUT2D eigenvalue weighted by molar-refractivity contribution is 5.80. The Morgan fingerprint density at radius 1 is 1.37 bits per heavy atom. The van der Waals surface area contributed by atoms with Crippen LogP contribution >= 0.6 is 0 Å². The standard InChI is InChI=1S/C15H23N3O/c1-18-9-5-6-13(12-18)10-17-15(19)11-16-14-7-3-2-4-8-14/h2-4,7-8,13,16H,5-6,9-12H2,1H3,(H,17,19). The Morgan fingerprint density at radius 3 is 2.89 bits per heavy atom. The van der Waals surface area contributed by atoms with Gasteiger partial charge in [0.1, 0.15) is 0 Å². The van der Waals surface area contributed by atoms with Gasteiger partial charge in [-0.3, -0.25) is 4.79 Å². The molecular weight excluding hydrogens is 238 g/mol. The molecule has 0 spiro atoms. The molecule has 1 fully saturated rings. The van der Waals surface area contributed by atoms with Crippen LogP contribution in [0.1, 0.15) is 12.8 Å². The molecule has 2 rings (SSSR count). The van der Waals surface area contributed by atoms with E-state index in [0.717, 1.165) is 18.8 Å². The molecule has 2 N–H and O–H groups in total. The molecule has 1 aliphatic rings. The number of likely N-dealkylation sites (tertiary alicyclic amines) is 1. The summed E-state index contributed by atoms with van der Waals surface area (Å²) in [6.45, 7) is 3.40. The molecule has 1 atom stereocenters. The Hall–Kier alpha value is -1.55. The fourth-order valence-electron chi connectivity index (χ4n) is 2.50. The van der Waals surface area contributed by atoms with E-state index in [1.54, 1.807) is 0 Å². The molecule has 1 aromatic carbocycles. The minimum atomic E-state index is 0.0667. The van der Waals surface area contributed by atoms with Gasteiger partial charge in [0.2, 0.25) is 5.91 Å². The number of rotatable bonds is 5. The largest absolute Gasteiger partial charge is 0.376 e. The van der Waals surface area contributed by atoms with Crippen molar-refractivity contribution < 1.29 is 4.79 Å². The lowest BCUT2D eigenvalue weighted by molar-refractivity contribution is -0.119. The molecule has 1 unspecified atom stereocenters. The third-order valence-corrected chi connectivity index (χ3v) is 3.54. The highest BCUT2D eigenvalue weighted by atomic mass is 16.1. The van der Waals surface area contributed by atoms with Gasteiger partial charge in [-0.2, -0.15) is 0 Å². The van der Waals surface area contributed by atoms with Gasteiger partial charge in [-0.05, 0) is 44.5 Å². The Bertz CT molecular complexity index is 394. The highest BCUT2D eigenvalue weighted by Crippen LogP contribution is 2.13. The molecule has 0 aromatic heterocycles. The van der Waals surface area contributed by atoms with Crippen LogP contribution in [-0.4, -0.2) is 44.0 Å². The number of anilines is 1. The van der Waals surface area contributed by atoms with Crippen LogP contribution in [0.4, 0.5) is 5.69 Å². The first-order chi connectivity index (χ1) is 9.24. The summed E-state index contributed by atoms with van der Waals surface area (Å²) in [7, 11) is 2.14. The lowest BCUT2D eigenvalue weighted by Gasteiger charge is -2.29. The van der Waals surface area contributed by atoms with Gasteiger partial charge in [0.05, 0.1) is 6.54 Å². The van der Waals surface area contributed by atoms with Gasteiger partial charge in [-0.1, -0.05) is 18.2 Å². The van der Waals surface area contributed by atoms with Crippen molar-refractivity contribution in [1.82, 2.24) is 10.2 Å². The quantitative estimate of drug-likeness (QED) is 0.845. The molecule has 0 saturated carbocycles. The zero-order chi connectivity index (χ0) is 13.5. The molecule has 1 aliphatic heterocycles. The predicted molar refractivity (Wildman–Crippen MR) is 78.2 cm³/mol. The predicted octanol–water partition coefficient (Wildman–Crippen LogP) is 1.56. The second-order valence-electron chi connectivity index (χ2n) is 5.29. The number of piperidine rings is 1. The van der Waals surface area contributed by atoms with Gasteiger partial charge < -0.3 is 15.5 Å². The van der Waals surface area contributed by atoms with Crippen LogP contribution in [0.5, 0.6) is 0 Å². The Labute approximate surface area is 115 Å². The number of hydrogen-bond donors (Lipinski definition) is 2. The number of carbonyl (C=O) groups is 1. The fourth-order valence-corrected chi connectivity index (χ4v) is 2.50. The first-order valence-corrected chi connectivity index (χ1v) is 6.98. The minimum Gasteiger partial charge on any atom is -0.376 e. The Morgan fingerprint density at radius 2 is 2.16 bits per heavy atom. The Balaban J connectivity index is 1.64. The third-order valence-electron chi connectivity index (χ3n) is 3.54. The summed E-state index contributed by atoms with van der Waals surface area (Å²) in [4.78, 5) is 14.1. The normalized spacial score (nSPS) is 19.9. The lowest BCUT2D eigenvalue weighted by atomic mass is 9.98. The van der Waals surface area contributed by atoms with E-state index >= 15 is 0 Å². The van der Waals surface area contributed by atoms with E-state index in [4.69, 9.17) is 0 Å². The fraction of sp³-hybridized carbons (Fsp3) is 0.533. The van der Waals surface area contributed by atoms with E-state index in [-0.39, 0.29) is 5.91 Å². The van der Waals surface area contributed by atoms with Crippen molar-refractivity contribution in [3.63, 3.8) is 0 Å². The van der Waals surface area contributed by atoms with Crippen molar-refractivity contribution in [2.45, 2.75) is 12.8 Å². The van der Waals surface area contributed by atoms with Crippen molar-refractivity contribution >= 4 is 11.6 Å². The minimum absolute atomic E-state index is 0.0667. The SMILES string of the molecule is CN1CCCC(CNC(=O)CNc2ccccc2)C1. The van der Waals surface area contributed by atoms with Crippen LogP contribution in [0.15, 0.2) is 30.3 Å². The first kappa shape index (κ1) is 13.9. The van der Waals surface area contributed by atoms with Crippen molar-refractivity contribution in [3.05, 3.63) is 30.3 Å². The summed E-state index contributed by atoms with van der Waals surface area (Å²) in [6, 6.07) is 9.80. The molecule has 104 valence electrons. The molecule has 1 aromatic rings. The maximum Gasteiger partial charge on any atom is 0.239 e. The Kier molecular flexibility index (Phi) is 5.21. The molecule has 0 aliphatic carbocycles. The van der Waals surface area contributed by atoms with E-state index in [1.807, 2.05) is 30.3 Å². The van der Waals surface area contributed by atoms with Crippen LogP contribution in [0.3, 0.4) is 0 Å². The van der Waals surface area contributed by atoms with E-state index in [0.29, 0.717) is 12.5 Å². The molecule has 0 bridgehead atoms. The average Bonchev–Trinajstić information content (AvgIpc) is 2.44. The van der Waals surface area contributed by atoms with E-state index in [1.165, 1.54) is 19.4 Å². The van der Waals surface area contributed by atoms with Crippen LogP contribution < -0.4 is 10.6 Å². The molecular formula is C15H23N3O. The summed E-state index contributed by atoms with van der Waals surface area (Å²) in [5, 5.41) is 6.13. The first-order valence-electron chi connectivity index (χ1n) is 6.98. The highest BCUT2D eigenvalue weighted by Gasteiger charge is 2.17. The number of para-hydroxylation sites is 1. The van der Waals surface area contributed by atoms with Crippen LogP contribution in [0, 0.1) is 5.92 Å². The van der Waals surface area contributed by atoms with Crippen molar-refractivity contribution in [1.29, 1.82) is 0 Å². The second kappa shape index (κ2) is 7.14. The lowest BCUT2D eigenvalue weighted by Crippen LogP contribution is -2.40. The van der Waals surface area contributed by atoms with Crippen LogP contribution in [-0.2, 0) is 4.79 Å². The van der Waals surface area contributed by atoms with E-state index in [2.05, 4.69) is 22.6 Å².